The number of carbonyl (C=O) groups is 1. The molecule has 0 amide bonds. The van der Waals surface area contributed by atoms with Crippen LogP contribution in [0, 0.1) is 5.92 Å². The van der Waals surface area contributed by atoms with Crippen LogP contribution in [0.2, 0.25) is 0 Å². The number of thiazole rings is 1. The minimum absolute atomic E-state index is 0.387. The molecule has 2 rings (SSSR count). The lowest BCUT2D eigenvalue weighted by Crippen LogP contribution is -2.29. The number of aliphatic carboxylic acids is 1. The molecule has 0 aliphatic heterocycles. The molecule has 0 saturated carbocycles. The monoisotopic (exact) mass is 296 g/mol. The van der Waals surface area contributed by atoms with Crippen LogP contribution >= 0.6 is 11.3 Å². The predicted molar refractivity (Wildman–Crippen MR) is 82.8 cm³/mol. The van der Waals surface area contributed by atoms with Crippen LogP contribution in [0.4, 0.5) is 5.13 Å². The van der Waals surface area contributed by atoms with Crippen molar-refractivity contribution in [3.8, 4) is 0 Å². The summed E-state index contributed by atoms with van der Waals surface area (Å²) < 4.78 is 0. The van der Waals surface area contributed by atoms with Crippen LogP contribution in [-0.4, -0.2) is 29.1 Å². The van der Waals surface area contributed by atoms with E-state index >= 15 is 0 Å². The standard InChI is InChI=1S/C15H24N2O2S/c1-4-10(5-2)9-17(6-3)15-16-13-11(14(18)19)7-8-12(13)20-15/h10-11H,4-9H2,1-3H3,(H,18,19). The highest BCUT2D eigenvalue weighted by molar-refractivity contribution is 7.15. The van der Waals surface area contributed by atoms with Gasteiger partial charge in [-0.05, 0) is 25.7 Å². The quantitative estimate of drug-likeness (QED) is 0.836. The first-order chi connectivity index (χ1) is 9.60. The molecule has 0 fully saturated rings. The average Bonchev–Trinajstić information content (AvgIpc) is 2.99. The topological polar surface area (TPSA) is 53.4 Å². The summed E-state index contributed by atoms with van der Waals surface area (Å²) >= 11 is 1.69. The number of hydrogen-bond acceptors (Lipinski definition) is 4. The van der Waals surface area contributed by atoms with E-state index in [-0.39, 0.29) is 5.92 Å². The number of fused-ring (bicyclic) bond motifs is 1. The molecule has 1 aliphatic rings. The Morgan fingerprint density at radius 2 is 2.15 bits per heavy atom. The zero-order valence-electron chi connectivity index (χ0n) is 12.6. The van der Waals surface area contributed by atoms with Crippen LogP contribution in [0.3, 0.4) is 0 Å². The maximum Gasteiger partial charge on any atom is 0.312 e. The fraction of sp³-hybridized carbons (Fsp3) is 0.733. The minimum Gasteiger partial charge on any atom is -0.481 e. The summed E-state index contributed by atoms with van der Waals surface area (Å²) in [5.41, 5.74) is 0.820. The smallest absolute Gasteiger partial charge is 0.312 e. The summed E-state index contributed by atoms with van der Waals surface area (Å²) in [6.07, 6.45) is 3.93. The number of aromatic nitrogens is 1. The highest BCUT2D eigenvalue weighted by atomic mass is 32.1. The third-order valence-corrected chi connectivity index (χ3v) is 5.48. The molecule has 20 heavy (non-hydrogen) atoms. The Kier molecular flexibility index (Phi) is 5.02. The van der Waals surface area contributed by atoms with E-state index in [1.54, 1.807) is 11.3 Å². The van der Waals surface area contributed by atoms with Gasteiger partial charge in [-0.2, -0.15) is 0 Å². The first-order valence-electron chi connectivity index (χ1n) is 7.57. The second-order valence-electron chi connectivity index (χ2n) is 5.46. The third-order valence-electron chi connectivity index (χ3n) is 4.29. The summed E-state index contributed by atoms with van der Waals surface area (Å²) in [7, 11) is 0. The van der Waals surface area contributed by atoms with Crippen molar-refractivity contribution < 1.29 is 9.90 Å². The largest absolute Gasteiger partial charge is 0.481 e. The Balaban J connectivity index is 2.16. The highest BCUT2D eigenvalue weighted by Crippen LogP contribution is 2.39. The number of carboxylic acids is 1. The van der Waals surface area contributed by atoms with Crippen LogP contribution in [0.5, 0.6) is 0 Å². The van der Waals surface area contributed by atoms with Gasteiger partial charge in [-0.1, -0.05) is 26.7 Å². The van der Waals surface area contributed by atoms with Crippen molar-refractivity contribution in [2.75, 3.05) is 18.0 Å². The van der Waals surface area contributed by atoms with Gasteiger partial charge in [-0.15, -0.1) is 11.3 Å². The minimum atomic E-state index is -0.733. The predicted octanol–water partition coefficient (Wildman–Crippen LogP) is 3.52. The Morgan fingerprint density at radius 3 is 2.70 bits per heavy atom. The van der Waals surface area contributed by atoms with Gasteiger partial charge in [0.15, 0.2) is 5.13 Å². The molecule has 1 heterocycles. The van der Waals surface area contributed by atoms with Crippen LogP contribution in [0.25, 0.3) is 0 Å². The maximum atomic E-state index is 11.2. The Morgan fingerprint density at radius 1 is 1.45 bits per heavy atom. The second kappa shape index (κ2) is 6.57. The van der Waals surface area contributed by atoms with Crippen LogP contribution in [0.15, 0.2) is 0 Å². The molecule has 4 nitrogen and oxygen atoms in total. The molecule has 1 aromatic rings. The van der Waals surface area contributed by atoms with E-state index in [1.807, 2.05) is 0 Å². The van der Waals surface area contributed by atoms with Crippen molar-refractivity contribution in [2.24, 2.45) is 5.92 Å². The lowest BCUT2D eigenvalue weighted by molar-refractivity contribution is -0.138. The zero-order valence-corrected chi connectivity index (χ0v) is 13.4. The SMILES string of the molecule is CCC(CC)CN(CC)c1nc2c(s1)CCC2C(=O)O. The van der Waals surface area contributed by atoms with Gasteiger partial charge in [0.05, 0.1) is 5.69 Å². The molecule has 1 aromatic heterocycles. The normalized spacial score (nSPS) is 17.5. The number of anilines is 1. The average molecular weight is 296 g/mol. The molecule has 0 spiro atoms. The van der Waals surface area contributed by atoms with Crippen molar-refractivity contribution in [3.63, 3.8) is 0 Å². The lowest BCUT2D eigenvalue weighted by atomic mass is 10.0. The van der Waals surface area contributed by atoms with E-state index in [0.29, 0.717) is 12.3 Å². The number of aryl methyl sites for hydroxylation is 1. The van der Waals surface area contributed by atoms with Crippen LogP contribution in [-0.2, 0) is 11.2 Å². The summed E-state index contributed by atoms with van der Waals surface area (Å²) in [6, 6.07) is 0. The molecule has 112 valence electrons. The third kappa shape index (κ3) is 2.97. The van der Waals surface area contributed by atoms with E-state index in [1.165, 1.54) is 17.7 Å². The van der Waals surface area contributed by atoms with Crippen molar-refractivity contribution >= 4 is 22.4 Å². The van der Waals surface area contributed by atoms with E-state index in [4.69, 9.17) is 0 Å². The van der Waals surface area contributed by atoms with Crippen LogP contribution < -0.4 is 4.90 Å². The number of carboxylic acid groups (broad SMARTS) is 1. The maximum absolute atomic E-state index is 11.2. The van der Waals surface area contributed by atoms with Gasteiger partial charge >= 0.3 is 5.97 Å². The molecule has 0 saturated heterocycles. The molecule has 5 heteroatoms. The van der Waals surface area contributed by atoms with Gasteiger partial charge in [0.2, 0.25) is 0 Å². The molecular formula is C15H24N2O2S. The first-order valence-corrected chi connectivity index (χ1v) is 8.39. The van der Waals surface area contributed by atoms with Gasteiger partial charge in [-0.3, -0.25) is 4.79 Å². The molecule has 0 aromatic carbocycles. The van der Waals surface area contributed by atoms with Gasteiger partial charge < -0.3 is 10.0 Å². The van der Waals surface area contributed by atoms with Gasteiger partial charge in [-0.25, -0.2) is 4.98 Å². The molecule has 1 unspecified atom stereocenters. The fourth-order valence-corrected chi connectivity index (χ4v) is 4.00. The van der Waals surface area contributed by atoms with Gasteiger partial charge in [0, 0.05) is 18.0 Å². The summed E-state index contributed by atoms with van der Waals surface area (Å²) in [6.45, 7) is 8.55. The molecular weight excluding hydrogens is 272 g/mol. The Labute approximate surface area is 124 Å². The van der Waals surface area contributed by atoms with Crippen LogP contribution in [0.1, 0.15) is 56.5 Å². The van der Waals surface area contributed by atoms with E-state index in [0.717, 1.165) is 30.3 Å². The number of hydrogen-bond donors (Lipinski definition) is 1. The Bertz CT molecular complexity index is 468. The fourth-order valence-electron chi connectivity index (χ4n) is 2.79. The van der Waals surface area contributed by atoms with E-state index in [2.05, 4.69) is 30.7 Å². The second-order valence-corrected chi connectivity index (χ2v) is 6.52. The lowest BCUT2D eigenvalue weighted by Gasteiger charge is -2.24. The van der Waals surface area contributed by atoms with Crippen molar-refractivity contribution in [1.29, 1.82) is 0 Å². The Hall–Kier alpha value is -1.10. The molecule has 1 atom stereocenters. The van der Waals surface area contributed by atoms with Gasteiger partial charge in [0.25, 0.3) is 0 Å². The summed E-state index contributed by atoms with van der Waals surface area (Å²) in [5.74, 6) is -0.436. The summed E-state index contributed by atoms with van der Waals surface area (Å²) in [5, 5.41) is 10.2. The highest BCUT2D eigenvalue weighted by Gasteiger charge is 2.33. The zero-order chi connectivity index (χ0) is 14.7. The van der Waals surface area contributed by atoms with E-state index < -0.39 is 5.97 Å². The first kappa shape index (κ1) is 15.3. The molecule has 1 N–H and O–H groups in total. The molecule has 0 radical (unpaired) electrons. The number of nitrogens with zero attached hydrogens (tertiary/aromatic N) is 2. The number of rotatable bonds is 7. The summed E-state index contributed by atoms with van der Waals surface area (Å²) in [4.78, 5) is 19.4. The van der Waals surface area contributed by atoms with Gasteiger partial charge in [0.1, 0.15) is 5.92 Å². The van der Waals surface area contributed by atoms with Crippen molar-refractivity contribution in [2.45, 2.75) is 52.4 Å². The van der Waals surface area contributed by atoms with Crippen molar-refractivity contribution in [3.05, 3.63) is 10.6 Å². The van der Waals surface area contributed by atoms with E-state index in [9.17, 15) is 9.90 Å². The molecule has 0 bridgehead atoms. The molecule has 1 aliphatic carbocycles. The van der Waals surface area contributed by atoms with Crippen molar-refractivity contribution in [1.82, 2.24) is 4.98 Å².